The number of hydrogen-bond donors (Lipinski definition) is 1. The molecule has 3 rings (SSSR count). The molecule has 106 valence electrons. The molecule has 3 aromatic rings. The second-order valence-electron chi connectivity index (χ2n) is 4.96. The van der Waals surface area contributed by atoms with Crippen molar-refractivity contribution in [1.29, 1.82) is 0 Å². The zero-order valence-corrected chi connectivity index (χ0v) is 12.8. The highest BCUT2D eigenvalue weighted by Crippen LogP contribution is 2.27. The van der Waals surface area contributed by atoms with Crippen molar-refractivity contribution < 1.29 is 0 Å². The fraction of sp³-hybridized carbons (Fsp3) is 0.118. The smallest absolute Gasteiger partial charge is 0.285 e. The molecule has 4 heteroatoms. The van der Waals surface area contributed by atoms with Gasteiger partial charge in [-0.1, -0.05) is 47.7 Å². The molecule has 21 heavy (non-hydrogen) atoms. The number of hydrogen-bond acceptors (Lipinski definition) is 2. The second-order valence-corrected chi connectivity index (χ2v) is 6.04. The van der Waals surface area contributed by atoms with Crippen molar-refractivity contribution in [3.8, 4) is 5.69 Å². The lowest BCUT2D eigenvalue weighted by Crippen LogP contribution is -2.15. The Balaban J connectivity index is 2.01. The topological polar surface area (TPSA) is 37.8 Å². The maximum absolute atomic E-state index is 12.6. The van der Waals surface area contributed by atoms with Gasteiger partial charge in [0.15, 0.2) is 0 Å². The SMILES string of the molecule is Cc1ccc(-n2[nH]c(C)c(Sc3ccccc3)c2=O)cc1. The van der Waals surface area contributed by atoms with Gasteiger partial charge < -0.3 is 0 Å². The number of aromatic nitrogens is 2. The summed E-state index contributed by atoms with van der Waals surface area (Å²) in [5.41, 5.74) is 2.90. The van der Waals surface area contributed by atoms with Crippen molar-refractivity contribution >= 4 is 11.8 Å². The van der Waals surface area contributed by atoms with Gasteiger partial charge in [-0.2, -0.15) is 0 Å². The molecule has 1 aromatic heterocycles. The lowest BCUT2D eigenvalue weighted by Gasteiger charge is -2.01. The van der Waals surface area contributed by atoms with Gasteiger partial charge in [-0.25, -0.2) is 4.68 Å². The van der Waals surface area contributed by atoms with Crippen LogP contribution in [-0.4, -0.2) is 9.78 Å². The largest absolute Gasteiger partial charge is 0.294 e. The number of nitrogens with one attached hydrogen (secondary N) is 1. The van der Waals surface area contributed by atoms with Crippen LogP contribution in [0.1, 0.15) is 11.3 Å². The van der Waals surface area contributed by atoms with E-state index in [0.29, 0.717) is 0 Å². The molecule has 0 saturated heterocycles. The van der Waals surface area contributed by atoms with Crippen molar-refractivity contribution in [2.45, 2.75) is 23.6 Å². The Bertz CT molecular complexity index is 801. The van der Waals surface area contributed by atoms with E-state index in [1.165, 1.54) is 17.3 Å². The first-order valence-corrected chi connectivity index (χ1v) is 7.58. The number of aromatic amines is 1. The van der Waals surface area contributed by atoms with Gasteiger partial charge in [0.2, 0.25) is 0 Å². The first kappa shape index (κ1) is 13.8. The molecule has 0 radical (unpaired) electrons. The summed E-state index contributed by atoms with van der Waals surface area (Å²) in [7, 11) is 0. The van der Waals surface area contributed by atoms with E-state index in [9.17, 15) is 4.79 Å². The molecule has 1 heterocycles. The Morgan fingerprint density at radius 2 is 1.62 bits per heavy atom. The molecule has 1 N–H and O–H groups in total. The third-order valence-corrected chi connectivity index (χ3v) is 4.47. The Morgan fingerprint density at radius 3 is 2.29 bits per heavy atom. The Hall–Kier alpha value is -2.20. The van der Waals surface area contributed by atoms with Gasteiger partial charge in [-0.3, -0.25) is 9.89 Å². The molecule has 0 saturated carbocycles. The number of benzene rings is 2. The molecule has 0 aliphatic carbocycles. The standard InChI is InChI=1S/C17H16N2OS/c1-12-8-10-14(11-9-12)19-17(20)16(13(2)18-19)21-15-6-4-3-5-7-15/h3-11,18H,1-2H3. The van der Waals surface area contributed by atoms with Crippen LogP contribution in [0.3, 0.4) is 0 Å². The first-order chi connectivity index (χ1) is 10.1. The molecule has 0 amide bonds. The Morgan fingerprint density at radius 1 is 0.952 bits per heavy atom. The molecule has 0 spiro atoms. The average molecular weight is 296 g/mol. The van der Waals surface area contributed by atoms with E-state index in [1.807, 2.05) is 68.4 Å². The Kier molecular flexibility index (Phi) is 3.71. The quantitative estimate of drug-likeness (QED) is 0.795. The second kappa shape index (κ2) is 5.66. The summed E-state index contributed by atoms with van der Waals surface area (Å²) in [5.74, 6) is 0. The molecule has 0 fully saturated rings. The van der Waals surface area contributed by atoms with Crippen LogP contribution in [-0.2, 0) is 0 Å². The molecule has 0 unspecified atom stereocenters. The van der Waals surface area contributed by atoms with E-state index in [1.54, 1.807) is 4.68 Å². The van der Waals surface area contributed by atoms with Crippen LogP contribution in [0.25, 0.3) is 5.69 Å². The molecule has 3 nitrogen and oxygen atoms in total. The summed E-state index contributed by atoms with van der Waals surface area (Å²) in [5, 5.41) is 3.15. The molecular formula is C17H16N2OS. The summed E-state index contributed by atoms with van der Waals surface area (Å²) >= 11 is 1.49. The van der Waals surface area contributed by atoms with Gasteiger partial charge in [0, 0.05) is 10.6 Å². The molecule has 0 atom stereocenters. The van der Waals surface area contributed by atoms with Crippen LogP contribution in [0.2, 0.25) is 0 Å². The maximum atomic E-state index is 12.6. The molecule has 0 aliphatic rings. The minimum atomic E-state index is -0.00907. The summed E-state index contributed by atoms with van der Waals surface area (Å²) < 4.78 is 1.60. The van der Waals surface area contributed by atoms with Crippen molar-refractivity contribution in [1.82, 2.24) is 9.78 Å². The van der Waals surface area contributed by atoms with Crippen LogP contribution in [0.4, 0.5) is 0 Å². The van der Waals surface area contributed by atoms with E-state index in [2.05, 4.69) is 5.10 Å². The van der Waals surface area contributed by atoms with E-state index in [-0.39, 0.29) is 5.56 Å². The Labute approximate surface area is 127 Å². The van der Waals surface area contributed by atoms with Crippen molar-refractivity contribution in [2.75, 3.05) is 0 Å². The van der Waals surface area contributed by atoms with Gasteiger partial charge >= 0.3 is 0 Å². The van der Waals surface area contributed by atoms with Crippen LogP contribution >= 0.6 is 11.8 Å². The van der Waals surface area contributed by atoms with Crippen molar-refractivity contribution in [3.05, 3.63) is 76.2 Å². The minimum Gasteiger partial charge on any atom is -0.294 e. The lowest BCUT2D eigenvalue weighted by atomic mass is 10.2. The fourth-order valence-corrected chi connectivity index (χ4v) is 3.04. The van der Waals surface area contributed by atoms with Crippen molar-refractivity contribution in [2.24, 2.45) is 0 Å². The normalized spacial score (nSPS) is 10.8. The number of nitrogens with zero attached hydrogens (tertiary/aromatic N) is 1. The zero-order chi connectivity index (χ0) is 14.8. The summed E-state index contributed by atoms with van der Waals surface area (Å²) in [6.45, 7) is 3.96. The third kappa shape index (κ3) is 2.81. The first-order valence-electron chi connectivity index (χ1n) is 6.77. The summed E-state index contributed by atoms with van der Waals surface area (Å²) in [4.78, 5) is 14.4. The van der Waals surface area contributed by atoms with Gasteiger partial charge in [0.1, 0.15) is 0 Å². The molecule has 0 aliphatic heterocycles. The predicted molar refractivity (Wildman–Crippen MR) is 86.4 cm³/mol. The van der Waals surface area contributed by atoms with Crippen LogP contribution in [0, 0.1) is 13.8 Å². The van der Waals surface area contributed by atoms with E-state index in [4.69, 9.17) is 0 Å². The maximum Gasteiger partial charge on any atom is 0.285 e. The molecule has 0 bridgehead atoms. The van der Waals surface area contributed by atoms with Crippen LogP contribution in [0.15, 0.2) is 69.2 Å². The van der Waals surface area contributed by atoms with Crippen LogP contribution in [0.5, 0.6) is 0 Å². The zero-order valence-electron chi connectivity index (χ0n) is 12.0. The average Bonchev–Trinajstić information content (AvgIpc) is 2.77. The molecular weight excluding hydrogens is 280 g/mol. The van der Waals surface area contributed by atoms with Crippen LogP contribution < -0.4 is 5.56 Å². The predicted octanol–water partition coefficient (Wildman–Crippen LogP) is 3.93. The highest BCUT2D eigenvalue weighted by Gasteiger charge is 2.13. The summed E-state index contributed by atoms with van der Waals surface area (Å²) in [6.07, 6.45) is 0. The van der Waals surface area contributed by atoms with Crippen molar-refractivity contribution in [3.63, 3.8) is 0 Å². The van der Waals surface area contributed by atoms with E-state index >= 15 is 0 Å². The third-order valence-electron chi connectivity index (χ3n) is 3.27. The number of rotatable bonds is 3. The molecule has 2 aromatic carbocycles. The van der Waals surface area contributed by atoms with Gasteiger partial charge in [0.25, 0.3) is 5.56 Å². The van der Waals surface area contributed by atoms with Gasteiger partial charge in [-0.05, 0) is 38.1 Å². The minimum absolute atomic E-state index is 0.00907. The highest BCUT2D eigenvalue weighted by molar-refractivity contribution is 7.99. The fourth-order valence-electron chi connectivity index (χ4n) is 2.13. The monoisotopic (exact) mass is 296 g/mol. The lowest BCUT2D eigenvalue weighted by molar-refractivity contribution is 0.834. The van der Waals surface area contributed by atoms with E-state index < -0.39 is 0 Å². The van der Waals surface area contributed by atoms with Gasteiger partial charge in [0.05, 0.1) is 10.6 Å². The van der Waals surface area contributed by atoms with Gasteiger partial charge in [-0.15, -0.1) is 0 Å². The summed E-state index contributed by atoms with van der Waals surface area (Å²) in [6, 6.07) is 17.8. The van der Waals surface area contributed by atoms with E-state index in [0.717, 1.165) is 21.2 Å². The highest BCUT2D eigenvalue weighted by atomic mass is 32.2. The number of H-pyrrole nitrogens is 1. The number of aryl methyl sites for hydroxylation is 2.